The van der Waals surface area contributed by atoms with Crippen molar-refractivity contribution >= 4 is 17.5 Å². The molecule has 0 radical (unpaired) electrons. The van der Waals surface area contributed by atoms with Crippen molar-refractivity contribution in [3.8, 4) is 0 Å². The summed E-state index contributed by atoms with van der Waals surface area (Å²) in [6, 6.07) is 8.15. The van der Waals surface area contributed by atoms with Crippen molar-refractivity contribution in [1.29, 1.82) is 0 Å². The molecule has 3 heteroatoms. The molecule has 16 heavy (non-hydrogen) atoms. The molecular weight excluding hydrogens is 222 g/mol. The zero-order valence-electron chi connectivity index (χ0n) is 9.21. The Balaban J connectivity index is 1.80. The van der Waals surface area contributed by atoms with E-state index in [2.05, 4.69) is 11.4 Å². The molecule has 1 aromatic rings. The van der Waals surface area contributed by atoms with E-state index in [-0.39, 0.29) is 11.8 Å². The quantitative estimate of drug-likeness (QED) is 0.619. The lowest BCUT2D eigenvalue weighted by atomic mass is 9.77. The van der Waals surface area contributed by atoms with Gasteiger partial charge in [0, 0.05) is 12.4 Å². The first-order valence-corrected chi connectivity index (χ1v) is 6.28. The van der Waals surface area contributed by atoms with Crippen molar-refractivity contribution < 1.29 is 4.79 Å². The summed E-state index contributed by atoms with van der Waals surface area (Å²) < 4.78 is 0. The van der Waals surface area contributed by atoms with Crippen LogP contribution in [0.1, 0.15) is 29.9 Å². The first-order valence-electron chi connectivity index (χ1n) is 5.74. The van der Waals surface area contributed by atoms with E-state index in [1.54, 1.807) is 0 Å². The number of alkyl halides is 1. The van der Waals surface area contributed by atoms with Gasteiger partial charge in [0.25, 0.3) is 0 Å². The number of hydrogen-bond acceptors (Lipinski definition) is 1. The molecule has 0 fully saturated rings. The molecule has 0 saturated carbocycles. The number of amides is 1. The van der Waals surface area contributed by atoms with Gasteiger partial charge in [0.2, 0.25) is 5.91 Å². The Labute approximate surface area is 101 Å². The van der Waals surface area contributed by atoms with Crippen LogP contribution in [0, 0.1) is 0 Å². The summed E-state index contributed by atoms with van der Waals surface area (Å²) in [6.07, 6.45) is 2.81. The number of rotatable bonds is 5. The summed E-state index contributed by atoms with van der Waals surface area (Å²) in [7, 11) is 0. The first kappa shape index (κ1) is 11.5. The fraction of sp³-hybridized carbons (Fsp3) is 0.462. The predicted octanol–water partition coefficient (Wildman–Crippen LogP) is 2.46. The molecule has 1 unspecified atom stereocenters. The van der Waals surface area contributed by atoms with E-state index < -0.39 is 0 Å². The highest BCUT2D eigenvalue weighted by molar-refractivity contribution is 6.17. The molecule has 0 aliphatic heterocycles. The van der Waals surface area contributed by atoms with Crippen molar-refractivity contribution in [3.05, 3.63) is 35.4 Å². The summed E-state index contributed by atoms with van der Waals surface area (Å²) in [6.45, 7) is 0.740. The molecule has 0 bridgehead atoms. The highest BCUT2D eigenvalue weighted by atomic mass is 35.5. The summed E-state index contributed by atoms with van der Waals surface area (Å²) in [4.78, 5) is 11.8. The summed E-state index contributed by atoms with van der Waals surface area (Å²) >= 11 is 5.57. The third kappa shape index (κ3) is 2.38. The van der Waals surface area contributed by atoms with E-state index in [0.717, 1.165) is 25.8 Å². The van der Waals surface area contributed by atoms with Crippen LogP contribution in [0.3, 0.4) is 0 Å². The monoisotopic (exact) mass is 237 g/mol. The summed E-state index contributed by atoms with van der Waals surface area (Å²) in [5.74, 6) is 0.905. The van der Waals surface area contributed by atoms with Gasteiger partial charge in [-0.15, -0.1) is 11.6 Å². The largest absolute Gasteiger partial charge is 0.356 e. The molecule has 0 heterocycles. The van der Waals surface area contributed by atoms with Gasteiger partial charge >= 0.3 is 0 Å². The second-order valence-electron chi connectivity index (χ2n) is 4.14. The van der Waals surface area contributed by atoms with Crippen molar-refractivity contribution in [3.63, 3.8) is 0 Å². The van der Waals surface area contributed by atoms with Crippen molar-refractivity contribution in [2.24, 2.45) is 0 Å². The van der Waals surface area contributed by atoms with Gasteiger partial charge in [-0.3, -0.25) is 4.79 Å². The van der Waals surface area contributed by atoms with Crippen LogP contribution in [0.4, 0.5) is 0 Å². The van der Waals surface area contributed by atoms with Gasteiger partial charge in [0.15, 0.2) is 0 Å². The van der Waals surface area contributed by atoms with E-state index in [1.807, 2.05) is 18.2 Å². The molecule has 0 saturated heterocycles. The van der Waals surface area contributed by atoms with Gasteiger partial charge in [-0.25, -0.2) is 0 Å². The number of halogens is 1. The van der Waals surface area contributed by atoms with Crippen LogP contribution < -0.4 is 5.32 Å². The van der Waals surface area contributed by atoms with Crippen molar-refractivity contribution in [2.75, 3.05) is 12.4 Å². The van der Waals surface area contributed by atoms with Crippen molar-refractivity contribution in [2.45, 2.75) is 25.2 Å². The Morgan fingerprint density at radius 1 is 1.38 bits per heavy atom. The maximum absolute atomic E-state index is 11.8. The molecule has 1 aromatic carbocycles. The maximum Gasteiger partial charge on any atom is 0.227 e. The van der Waals surface area contributed by atoms with E-state index in [0.29, 0.717) is 5.88 Å². The SMILES string of the molecule is O=C(NCCCCCl)C1Cc2ccccc21. The molecule has 0 spiro atoms. The van der Waals surface area contributed by atoms with Gasteiger partial charge in [-0.05, 0) is 30.4 Å². The van der Waals surface area contributed by atoms with Gasteiger partial charge in [0.05, 0.1) is 5.92 Å². The average Bonchev–Trinajstić information content (AvgIpc) is 2.26. The Morgan fingerprint density at radius 3 is 2.94 bits per heavy atom. The van der Waals surface area contributed by atoms with Crippen LogP contribution >= 0.6 is 11.6 Å². The summed E-state index contributed by atoms with van der Waals surface area (Å²) in [5.41, 5.74) is 2.50. The van der Waals surface area contributed by atoms with Gasteiger partial charge in [-0.1, -0.05) is 24.3 Å². The van der Waals surface area contributed by atoms with Crippen molar-refractivity contribution in [1.82, 2.24) is 5.32 Å². The normalized spacial score (nSPS) is 17.4. The molecule has 1 N–H and O–H groups in total. The minimum Gasteiger partial charge on any atom is -0.356 e. The standard InChI is InChI=1S/C13H16ClNO/c14-7-3-4-8-15-13(16)12-9-10-5-1-2-6-11(10)12/h1-2,5-6,12H,3-4,7-9H2,(H,15,16). The first-order chi connectivity index (χ1) is 7.83. The Bertz CT molecular complexity index is 378. The molecular formula is C13H16ClNO. The molecule has 2 rings (SSSR count). The predicted molar refractivity (Wildman–Crippen MR) is 65.9 cm³/mol. The highest BCUT2D eigenvalue weighted by Gasteiger charge is 2.31. The Hall–Kier alpha value is -1.02. The fourth-order valence-electron chi connectivity index (χ4n) is 2.05. The molecule has 86 valence electrons. The molecule has 1 aliphatic carbocycles. The van der Waals surface area contributed by atoms with E-state index in [1.165, 1.54) is 11.1 Å². The lowest BCUT2D eigenvalue weighted by Gasteiger charge is -2.28. The number of fused-ring (bicyclic) bond motifs is 1. The minimum absolute atomic E-state index is 0.0761. The smallest absolute Gasteiger partial charge is 0.227 e. The van der Waals surface area contributed by atoms with Crippen LogP contribution in [0.5, 0.6) is 0 Å². The van der Waals surface area contributed by atoms with Crippen LogP contribution in [-0.2, 0) is 11.2 Å². The summed E-state index contributed by atoms with van der Waals surface area (Å²) in [5, 5.41) is 2.96. The van der Waals surface area contributed by atoms with Crippen LogP contribution in [0.15, 0.2) is 24.3 Å². The molecule has 1 amide bonds. The molecule has 1 atom stereocenters. The second kappa shape index (κ2) is 5.35. The Morgan fingerprint density at radius 2 is 2.19 bits per heavy atom. The number of nitrogens with one attached hydrogen (secondary N) is 1. The zero-order chi connectivity index (χ0) is 11.4. The number of carbonyl (C=O) groups is 1. The molecule has 1 aliphatic rings. The van der Waals surface area contributed by atoms with Crippen LogP contribution in [-0.4, -0.2) is 18.3 Å². The fourth-order valence-corrected chi connectivity index (χ4v) is 2.24. The number of benzene rings is 1. The van der Waals surface area contributed by atoms with Gasteiger partial charge in [0.1, 0.15) is 0 Å². The van der Waals surface area contributed by atoms with Crippen LogP contribution in [0.25, 0.3) is 0 Å². The van der Waals surface area contributed by atoms with E-state index >= 15 is 0 Å². The third-order valence-electron chi connectivity index (χ3n) is 3.03. The molecule has 2 nitrogen and oxygen atoms in total. The lowest BCUT2D eigenvalue weighted by molar-refractivity contribution is -0.123. The minimum atomic E-state index is 0.0761. The van der Waals surface area contributed by atoms with Gasteiger partial charge in [-0.2, -0.15) is 0 Å². The maximum atomic E-state index is 11.8. The number of unbranched alkanes of at least 4 members (excludes halogenated alkanes) is 1. The highest BCUT2D eigenvalue weighted by Crippen LogP contribution is 2.34. The van der Waals surface area contributed by atoms with E-state index in [4.69, 9.17) is 11.6 Å². The van der Waals surface area contributed by atoms with Crippen LogP contribution in [0.2, 0.25) is 0 Å². The lowest BCUT2D eigenvalue weighted by Crippen LogP contribution is -2.35. The van der Waals surface area contributed by atoms with E-state index in [9.17, 15) is 4.79 Å². The average molecular weight is 238 g/mol. The molecule has 0 aromatic heterocycles. The third-order valence-corrected chi connectivity index (χ3v) is 3.30. The Kier molecular flexibility index (Phi) is 3.83. The second-order valence-corrected chi connectivity index (χ2v) is 4.52. The topological polar surface area (TPSA) is 29.1 Å². The number of hydrogen-bond donors (Lipinski definition) is 1. The van der Waals surface area contributed by atoms with Gasteiger partial charge < -0.3 is 5.32 Å². The number of carbonyl (C=O) groups excluding carboxylic acids is 1. The zero-order valence-corrected chi connectivity index (χ0v) is 9.96.